The number of ether oxygens (including phenoxy) is 2. The average Bonchev–Trinajstić information content (AvgIpc) is 3.03. The fourth-order valence-electron chi connectivity index (χ4n) is 3.59. The van der Waals surface area contributed by atoms with Crippen LogP contribution in [0.2, 0.25) is 0 Å². The summed E-state index contributed by atoms with van der Waals surface area (Å²) in [6.45, 7) is 1.42. The Kier molecular flexibility index (Phi) is 5.85. The number of hydrogen-bond acceptors (Lipinski definition) is 6. The zero-order valence-electron chi connectivity index (χ0n) is 16.6. The van der Waals surface area contributed by atoms with E-state index in [4.69, 9.17) is 9.47 Å². The van der Waals surface area contributed by atoms with Crippen LogP contribution in [0, 0.1) is 0 Å². The van der Waals surface area contributed by atoms with E-state index in [-0.39, 0.29) is 11.5 Å². The highest BCUT2D eigenvalue weighted by Crippen LogP contribution is 2.21. The normalized spacial score (nSPS) is 13.2. The summed E-state index contributed by atoms with van der Waals surface area (Å²) in [7, 11) is 1.62. The third-order valence-corrected chi connectivity index (χ3v) is 5.06. The fourth-order valence-corrected chi connectivity index (χ4v) is 3.59. The zero-order chi connectivity index (χ0) is 20.9. The van der Waals surface area contributed by atoms with E-state index in [2.05, 4.69) is 15.3 Å². The Hall–Kier alpha value is -3.52. The zero-order valence-corrected chi connectivity index (χ0v) is 16.6. The number of amides is 1. The quantitative estimate of drug-likeness (QED) is 0.697. The van der Waals surface area contributed by atoms with Gasteiger partial charge in [-0.05, 0) is 29.7 Å². The molecular weight excluding hydrogens is 384 g/mol. The van der Waals surface area contributed by atoms with Crippen LogP contribution in [0.3, 0.4) is 0 Å². The molecule has 2 aromatic heterocycles. The third kappa shape index (κ3) is 4.23. The highest BCUT2D eigenvalue weighted by Gasteiger charge is 2.22. The van der Waals surface area contributed by atoms with Crippen LogP contribution < -0.4 is 15.6 Å². The van der Waals surface area contributed by atoms with Gasteiger partial charge in [0, 0.05) is 30.6 Å². The van der Waals surface area contributed by atoms with Crippen molar-refractivity contribution in [3.63, 3.8) is 0 Å². The number of carbonyl (C=O) groups excluding carboxylic acids is 1. The van der Waals surface area contributed by atoms with Crippen LogP contribution >= 0.6 is 0 Å². The van der Waals surface area contributed by atoms with Gasteiger partial charge in [-0.25, -0.2) is 4.98 Å². The first-order valence-corrected chi connectivity index (χ1v) is 9.69. The number of aromatic nitrogens is 3. The van der Waals surface area contributed by atoms with Crippen molar-refractivity contribution in [2.45, 2.75) is 19.4 Å². The van der Waals surface area contributed by atoms with Gasteiger partial charge in [-0.15, -0.1) is 0 Å². The van der Waals surface area contributed by atoms with E-state index in [0.717, 1.165) is 22.6 Å². The number of carbonyl (C=O) groups is 1. The van der Waals surface area contributed by atoms with Crippen LogP contribution in [-0.2, 0) is 24.1 Å². The van der Waals surface area contributed by atoms with Crippen molar-refractivity contribution < 1.29 is 14.3 Å². The van der Waals surface area contributed by atoms with Crippen LogP contribution in [-0.4, -0.2) is 40.8 Å². The first kappa shape index (κ1) is 19.8. The lowest BCUT2D eigenvalue weighted by molar-refractivity contribution is 0.102. The number of nitrogens with one attached hydrogen (secondary N) is 1. The number of methoxy groups -OCH3 is 1. The molecule has 0 saturated carbocycles. The molecule has 0 radical (unpaired) electrons. The highest BCUT2D eigenvalue weighted by atomic mass is 16.5. The first-order valence-electron chi connectivity index (χ1n) is 9.69. The van der Waals surface area contributed by atoms with Gasteiger partial charge < -0.3 is 19.4 Å². The minimum atomic E-state index is -0.373. The second kappa shape index (κ2) is 8.87. The van der Waals surface area contributed by atoms with E-state index >= 15 is 0 Å². The van der Waals surface area contributed by atoms with Crippen molar-refractivity contribution in [1.82, 2.24) is 14.5 Å². The summed E-state index contributed by atoms with van der Waals surface area (Å²) in [5.74, 6) is 0.722. The topological polar surface area (TPSA) is 95.3 Å². The molecule has 0 atom stereocenters. The summed E-state index contributed by atoms with van der Waals surface area (Å²) in [6.07, 6.45) is 5.61. The predicted octanol–water partition coefficient (Wildman–Crippen LogP) is 2.06. The smallest absolute Gasteiger partial charge is 0.257 e. The largest absolute Gasteiger partial charge is 0.497 e. The molecule has 1 amide bonds. The minimum Gasteiger partial charge on any atom is -0.497 e. The molecule has 4 rings (SSSR count). The molecular formula is C22H22N4O4. The van der Waals surface area contributed by atoms with Gasteiger partial charge in [-0.3, -0.25) is 14.6 Å². The maximum absolute atomic E-state index is 13.0. The molecule has 0 bridgehead atoms. The van der Waals surface area contributed by atoms with E-state index in [9.17, 15) is 9.59 Å². The molecule has 0 unspecified atom stereocenters. The number of fused-ring (bicyclic) bond motifs is 1. The number of anilines is 1. The maximum atomic E-state index is 13.0. The van der Waals surface area contributed by atoms with Gasteiger partial charge in [-0.1, -0.05) is 12.1 Å². The molecule has 30 heavy (non-hydrogen) atoms. The van der Waals surface area contributed by atoms with E-state index < -0.39 is 0 Å². The van der Waals surface area contributed by atoms with Crippen molar-refractivity contribution in [3.05, 3.63) is 81.7 Å². The number of pyridine rings is 1. The second-order valence-electron chi connectivity index (χ2n) is 6.91. The molecule has 0 saturated heterocycles. The monoisotopic (exact) mass is 406 g/mol. The van der Waals surface area contributed by atoms with Crippen LogP contribution in [0.25, 0.3) is 0 Å². The summed E-state index contributed by atoms with van der Waals surface area (Å²) in [6, 6.07) is 8.99. The molecule has 0 fully saturated rings. The molecule has 1 aliphatic heterocycles. The summed E-state index contributed by atoms with van der Waals surface area (Å²) in [4.78, 5) is 33.9. The van der Waals surface area contributed by atoms with Crippen molar-refractivity contribution in [2.75, 3.05) is 25.6 Å². The second-order valence-corrected chi connectivity index (χ2v) is 6.91. The van der Waals surface area contributed by atoms with E-state index in [1.54, 1.807) is 11.7 Å². The standard InChI is InChI=1S/C22H22N4O4/c1-29-16-4-2-15(3-5-16)14-26-19-7-11-30-10-6-17(19)18(12-21(26)27)22(28)25-20-13-23-8-9-24-20/h2-5,8-9,12-13H,6-7,10-11,14H2,1H3,(H,24,25,28). The Morgan fingerprint density at radius 3 is 2.73 bits per heavy atom. The molecule has 8 heteroatoms. The van der Waals surface area contributed by atoms with Gasteiger partial charge in [-0.2, -0.15) is 0 Å². The molecule has 8 nitrogen and oxygen atoms in total. The fraction of sp³-hybridized carbons (Fsp3) is 0.273. The minimum absolute atomic E-state index is 0.226. The molecule has 0 aliphatic carbocycles. The Labute approximate surface area is 173 Å². The van der Waals surface area contributed by atoms with Crippen molar-refractivity contribution in [1.29, 1.82) is 0 Å². The Balaban J connectivity index is 1.71. The van der Waals surface area contributed by atoms with Gasteiger partial charge >= 0.3 is 0 Å². The average molecular weight is 406 g/mol. The van der Waals surface area contributed by atoms with Crippen LogP contribution in [0.1, 0.15) is 27.2 Å². The highest BCUT2D eigenvalue weighted by molar-refractivity contribution is 6.04. The van der Waals surface area contributed by atoms with E-state index in [1.165, 1.54) is 24.7 Å². The van der Waals surface area contributed by atoms with Crippen LogP contribution in [0.5, 0.6) is 5.75 Å². The van der Waals surface area contributed by atoms with Crippen LogP contribution in [0.4, 0.5) is 5.82 Å². The van der Waals surface area contributed by atoms with Gasteiger partial charge in [0.2, 0.25) is 0 Å². The molecule has 3 heterocycles. The first-order chi connectivity index (χ1) is 14.7. The molecule has 1 aromatic carbocycles. The number of benzene rings is 1. The lowest BCUT2D eigenvalue weighted by atomic mass is 10.0. The lowest BCUT2D eigenvalue weighted by Crippen LogP contribution is -2.29. The van der Waals surface area contributed by atoms with E-state index in [1.807, 2.05) is 24.3 Å². The van der Waals surface area contributed by atoms with Crippen LogP contribution in [0.15, 0.2) is 53.7 Å². The van der Waals surface area contributed by atoms with Gasteiger partial charge in [0.05, 0.1) is 38.6 Å². The maximum Gasteiger partial charge on any atom is 0.257 e. The summed E-state index contributed by atoms with van der Waals surface area (Å²) in [5.41, 5.74) is 2.78. The molecule has 0 spiro atoms. The number of nitrogens with zero attached hydrogens (tertiary/aromatic N) is 3. The van der Waals surface area contributed by atoms with Gasteiger partial charge in [0.1, 0.15) is 5.75 Å². The SMILES string of the molecule is COc1ccc(Cn2c3c(c(C(=O)Nc4cnccn4)cc2=O)CCOCC3)cc1. The Bertz CT molecular complexity index is 1090. The summed E-state index contributed by atoms with van der Waals surface area (Å²) >= 11 is 0. The summed E-state index contributed by atoms with van der Waals surface area (Å²) < 4.78 is 12.5. The predicted molar refractivity (Wildman–Crippen MR) is 111 cm³/mol. The van der Waals surface area contributed by atoms with Crippen molar-refractivity contribution in [2.24, 2.45) is 0 Å². The van der Waals surface area contributed by atoms with Crippen molar-refractivity contribution >= 4 is 11.7 Å². The molecule has 3 aromatic rings. The molecule has 1 aliphatic rings. The number of rotatable bonds is 5. The Morgan fingerprint density at radius 2 is 2.00 bits per heavy atom. The van der Waals surface area contributed by atoms with E-state index in [0.29, 0.717) is 44.0 Å². The van der Waals surface area contributed by atoms with Gasteiger partial charge in [0.15, 0.2) is 5.82 Å². The third-order valence-electron chi connectivity index (χ3n) is 5.06. The summed E-state index contributed by atoms with van der Waals surface area (Å²) in [5, 5.41) is 2.72. The van der Waals surface area contributed by atoms with Gasteiger partial charge in [0.25, 0.3) is 11.5 Å². The number of hydrogen-bond donors (Lipinski definition) is 1. The van der Waals surface area contributed by atoms with Crippen molar-refractivity contribution in [3.8, 4) is 5.75 Å². The Morgan fingerprint density at radius 1 is 1.20 bits per heavy atom. The molecule has 154 valence electrons. The molecule has 1 N–H and O–H groups in total. The lowest BCUT2D eigenvalue weighted by Gasteiger charge is -2.18.